The molecule has 3 nitrogen and oxygen atoms in total. The quantitative estimate of drug-likeness (QED) is 0.583. The number of hydrogen-bond donors (Lipinski definition) is 1. The molecule has 2 rings (SSSR count). The van der Waals surface area contributed by atoms with Crippen LogP contribution in [0.4, 0.5) is 0 Å². The van der Waals surface area contributed by atoms with Crippen LogP contribution in [0.1, 0.15) is 12.8 Å². The summed E-state index contributed by atoms with van der Waals surface area (Å²) in [5.41, 5.74) is 0.611. The minimum Gasteiger partial charge on any atom is -0.316 e. The van der Waals surface area contributed by atoms with Crippen molar-refractivity contribution in [3.05, 3.63) is 0 Å². The average molecular weight is 168 g/mol. The van der Waals surface area contributed by atoms with Crippen molar-refractivity contribution in [1.82, 2.24) is 10.2 Å². The van der Waals surface area contributed by atoms with Gasteiger partial charge < -0.3 is 10.1 Å². The van der Waals surface area contributed by atoms with E-state index in [9.17, 15) is 4.79 Å². The summed E-state index contributed by atoms with van der Waals surface area (Å²) in [7, 11) is 0. The molecular weight excluding hydrogens is 152 g/mol. The van der Waals surface area contributed by atoms with Crippen molar-refractivity contribution >= 4 is 6.29 Å². The summed E-state index contributed by atoms with van der Waals surface area (Å²) in [6, 6.07) is 0. The van der Waals surface area contributed by atoms with Gasteiger partial charge in [0.2, 0.25) is 0 Å². The number of hydrogen-bond acceptors (Lipinski definition) is 3. The monoisotopic (exact) mass is 168 g/mol. The van der Waals surface area contributed by atoms with Crippen LogP contribution in [0.25, 0.3) is 0 Å². The van der Waals surface area contributed by atoms with Crippen LogP contribution in [0.5, 0.6) is 0 Å². The first-order chi connectivity index (χ1) is 5.85. The van der Waals surface area contributed by atoms with Gasteiger partial charge in [0.1, 0.15) is 6.29 Å². The first kappa shape index (κ1) is 8.20. The topological polar surface area (TPSA) is 32.3 Å². The number of carbonyl (C=O) groups excluding carboxylic acids is 1. The predicted octanol–water partition coefficient (Wildman–Crippen LogP) is -0.129. The summed E-state index contributed by atoms with van der Waals surface area (Å²) in [5.74, 6) is 0. The maximum absolute atomic E-state index is 10.3. The molecule has 0 atom stereocenters. The van der Waals surface area contributed by atoms with E-state index in [0.29, 0.717) is 12.0 Å². The van der Waals surface area contributed by atoms with E-state index in [2.05, 4.69) is 10.2 Å². The Kier molecular flexibility index (Phi) is 2.15. The lowest BCUT2D eigenvalue weighted by Gasteiger charge is -2.48. The van der Waals surface area contributed by atoms with E-state index >= 15 is 0 Å². The molecule has 1 N–H and O–H groups in total. The van der Waals surface area contributed by atoms with E-state index in [1.54, 1.807) is 0 Å². The highest BCUT2D eigenvalue weighted by Gasteiger charge is 2.39. The highest BCUT2D eigenvalue weighted by Crippen LogP contribution is 2.34. The first-order valence-corrected chi connectivity index (χ1v) is 4.71. The second-order valence-electron chi connectivity index (χ2n) is 4.07. The van der Waals surface area contributed by atoms with Gasteiger partial charge >= 0.3 is 0 Å². The van der Waals surface area contributed by atoms with Crippen molar-refractivity contribution in [2.75, 3.05) is 32.7 Å². The van der Waals surface area contributed by atoms with Gasteiger partial charge in [-0.15, -0.1) is 0 Å². The maximum Gasteiger partial charge on any atom is 0.133 e. The van der Waals surface area contributed by atoms with Gasteiger partial charge in [-0.3, -0.25) is 4.90 Å². The number of aldehydes is 1. The zero-order valence-corrected chi connectivity index (χ0v) is 7.38. The van der Waals surface area contributed by atoms with Crippen LogP contribution in [0.15, 0.2) is 0 Å². The molecule has 2 aliphatic heterocycles. The number of carbonyl (C=O) groups is 1. The lowest BCUT2D eigenvalue weighted by atomic mass is 9.73. The smallest absolute Gasteiger partial charge is 0.133 e. The minimum atomic E-state index is 0.611. The fourth-order valence-corrected chi connectivity index (χ4v) is 2.15. The molecule has 2 aliphatic rings. The van der Waals surface area contributed by atoms with E-state index in [4.69, 9.17) is 0 Å². The van der Waals surface area contributed by atoms with Gasteiger partial charge in [0.25, 0.3) is 0 Å². The van der Waals surface area contributed by atoms with Crippen molar-refractivity contribution in [2.45, 2.75) is 12.8 Å². The number of rotatable bonds is 2. The molecule has 0 amide bonds. The molecule has 12 heavy (non-hydrogen) atoms. The van der Waals surface area contributed by atoms with E-state index in [1.807, 2.05) is 0 Å². The van der Waals surface area contributed by atoms with Crippen LogP contribution in [0.3, 0.4) is 0 Å². The molecule has 2 fully saturated rings. The molecular formula is C9H16N2O. The normalized spacial score (nSPS) is 28.3. The van der Waals surface area contributed by atoms with Crippen LogP contribution in [0, 0.1) is 5.41 Å². The van der Waals surface area contributed by atoms with E-state index < -0.39 is 0 Å². The third kappa shape index (κ3) is 1.39. The van der Waals surface area contributed by atoms with Crippen molar-refractivity contribution in [3.8, 4) is 0 Å². The van der Waals surface area contributed by atoms with E-state index in [1.165, 1.54) is 25.9 Å². The maximum atomic E-state index is 10.3. The van der Waals surface area contributed by atoms with Crippen LogP contribution < -0.4 is 5.32 Å². The largest absolute Gasteiger partial charge is 0.316 e. The van der Waals surface area contributed by atoms with Gasteiger partial charge in [-0.2, -0.15) is 0 Å². The number of piperidine rings is 1. The second kappa shape index (κ2) is 3.15. The Bertz CT molecular complexity index is 167. The summed E-state index contributed by atoms with van der Waals surface area (Å²) in [4.78, 5) is 12.5. The molecule has 1 spiro atoms. The fraction of sp³-hybridized carbons (Fsp3) is 0.889. The van der Waals surface area contributed by atoms with Crippen molar-refractivity contribution in [2.24, 2.45) is 5.41 Å². The number of likely N-dealkylation sites (tertiary alicyclic amines) is 1. The molecule has 0 unspecified atom stereocenters. The van der Waals surface area contributed by atoms with Gasteiger partial charge in [-0.25, -0.2) is 0 Å². The molecule has 3 heteroatoms. The first-order valence-electron chi connectivity index (χ1n) is 4.71. The third-order valence-corrected chi connectivity index (χ3v) is 3.25. The Morgan fingerprint density at radius 3 is 2.42 bits per heavy atom. The Morgan fingerprint density at radius 2 is 2.00 bits per heavy atom. The average Bonchev–Trinajstić information content (AvgIpc) is 2.04. The van der Waals surface area contributed by atoms with Crippen molar-refractivity contribution in [3.63, 3.8) is 0 Å². The van der Waals surface area contributed by atoms with Crippen LogP contribution >= 0.6 is 0 Å². The van der Waals surface area contributed by atoms with Crippen molar-refractivity contribution in [1.29, 1.82) is 0 Å². The molecule has 0 aliphatic carbocycles. The lowest BCUT2D eigenvalue weighted by Crippen LogP contribution is -2.58. The van der Waals surface area contributed by atoms with E-state index in [-0.39, 0.29) is 0 Å². The van der Waals surface area contributed by atoms with Gasteiger partial charge in [-0.05, 0) is 31.3 Å². The Labute approximate surface area is 73.1 Å². The van der Waals surface area contributed by atoms with E-state index in [0.717, 1.165) is 19.4 Å². The molecule has 0 aromatic carbocycles. The Morgan fingerprint density at radius 1 is 1.33 bits per heavy atom. The molecule has 0 aromatic heterocycles. The number of nitrogens with zero attached hydrogens (tertiary/aromatic N) is 1. The second-order valence-corrected chi connectivity index (χ2v) is 4.07. The van der Waals surface area contributed by atoms with Gasteiger partial charge in [0.05, 0.1) is 6.54 Å². The molecule has 0 aromatic rings. The van der Waals surface area contributed by atoms with Crippen LogP contribution in [0.2, 0.25) is 0 Å². The molecule has 0 bridgehead atoms. The zero-order valence-electron chi connectivity index (χ0n) is 7.38. The Hall–Kier alpha value is -0.410. The molecule has 0 radical (unpaired) electrons. The minimum absolute atomic E-state index is 0.611. The zero-order chi connectivity index (χ0) is 8.44. The SMILES string of the molecule is O=CCN1CCC2(CC1)CNC2. The van der Waals surface area contributed by atoms with Crippen molar-refractivity contribution < 1.29 is 4.79 Å². The molecule has 0 saturated carbocycles. The van der Waals surface area contributed by atoms with Crippen LogP contribution in [-0.4, -0.2) is 43.9 Å². The third-order valence-electron chi connectivity index (χ3n) is 3.25. The standard InChI is InChI=1S/C9H16N2O/c12-6-5-11-3-1-9(2-4-11)7-10-8-9/h6,10H,1-5,7-8H2. The predicted molar refractivity (Wildman–Crippen MR) is 47.0 cm³/mol. The van der Waals surface area contributed by atoms with Gasteiger partial charge in [0, 0.05) is 13.1 Å². The molecule has 68 valence electrons. The highest BCUT2D eigenvalue weighted by atomic mass is 16.1. The molecule has 2 heterocycles. The number of nitrogens with one attached hydrogen (secondary N) is 1. The van der Waals surface area contributed by atoms with Gasteiger partial charge in [0.15, 0.2) is 0 Å². The summed E-state index contributed by atoms with van der Waals surface area (Å²) < 4.78 is 0. The summed E-state index contributed by atoms with van der Waals surface area (Å²) in [6.45, 7) is 5.24. The highest BCUT2D eigenvalue weighted by molar-refractivity contribution is 5.51. The van der Waals surface area contributed by atoms with Gasteiger partial charge in [-0.1, -0.05) is 0 Å². The lowest BCUT2D eigenvalue weighted by molar-refractivity contribution is -0.109. The Balaban J connectivity index is 1.80. The summed E-state index contributed by atoms with van der Waals surface area (Å²) in [5, 5.41) is 3.33. The summed E-state index contributed by atoms with van der Waals surface area (Å²) >= 11 is 0. The summed E-state index contributed by atoms with van der Waals surface area (Å²) in [6.07, 6.45) is 3.55. The molecule has 2 saturated heterocycles. The van der Waals surface area contributed by atoms with Crippen LogP contribution in [-0.2, 0) is 4.79 Å². The fourth-order valence-electron chi connectivity index (χ4n) is 2.15.